The predicted molar refractivity (Wildman–Crippen MR) is 75.0 cm³/mol. The van der Waals surface area contributed by atoms with Gasteiger partial charge in [0.2, 0.25) is 0 Å². The van der Waals surface area contributed by atoms with Crippen molar-refractivity contribution < 1.29 is 4.79 Å². The summed E-state index contributed by atoms with van der Waals surface area (Å²) >= 11 is 0. The van der Waals surface area contributed by atoms with Gasteiger partial charge in [0.05, 0.1) is 5.56 Å². The second-order valence-electron chi connectivity index (χ2n) is 5.34. The van der Waals surface area contributed by atoms with E-state index < -0.39 is 0 Å². The lowest BCUT2D eigenvalue weighted by molar-refractivity contribution is 0.0945. The van der Waals surface area contributed by atoms with Crippen molar-refractivity contribution in [1.82, 2.24) is 5.32 Å². The Morgan fingerprint density at radius 1 is 1.39 bits per heavy atom. The molecular formula is C15H22N2O. The molecule has 1 fully saturated rings. The highest BCUT2D eigenvalue weighted by atomic mass is 16.1. The average molecular weight is 246 g/mol. The quantitative estimate of drug-likeness (QED) is 0.838. The van der Waals surface area contributed by atoms with E-state index in [2.05, 4.69) is 17.6 Å². The summed E-state index contributed by atoms with van der Waals surface area (Å²) in [6, 6.07) is 5.90. The van der Waals surface area contributed by atoms with Crippen molar-refractivity contribution in [2.45, 2.75) is 33.1 Å². The van der Waals surface area contributed by atoms with Gasteiger partial charge >= 0.3 is 0 Å². The van der Waals surface area contributed by atoms with Gasteiger partial charge in [-0.1, -0.05) is 18.6 Å². The number of nitrogens with one attached hydrogen (secondary N) is 2. The van der Waals surface area contributed by atoms with Gasteiger partial charge in [-0.2, -0.15) is 0 Å². The van der Waals surface area contributed by atoms with Crippen molar-refractivity contribution >= 4 is 11.6 Å². The molecule has 0 atom stereocenters. The van der Waals surface area contributed by atoms with E-state index in [0.29, 0.717) is 5.41 Å². The van der Waals surface area contributed by atoms with Crippen molar-refractivity contribution in [1.29, 1.82) is 0 Å². The number of rotatable bonds is 5. The third kappa shape index (κ3) is 2.66. The minimum Gasteiger partial charge on any atom is -0.387 e. The molecule has 0 saturated heterocycles. The molecule has 1 aliphatic rings. The zero-order valence-electron chi connectivity index (χ0n) is 11.5. The third-order valence-electron chi connectivity index (χ3n) is 4.02. The Morgan fingerprint density at radius 3 is 2.67 bits per heavy atom. The summed E-state index contributed by atoms with van der Waals surface area (Å²) in [5.41, 5.74) is 3.12. The van der Waals surface area contributed by atoms with Gasteiger partial charge in [0.15, 0.2) is 0 Å². The minimum absolute atomic E-state index is 0.0303. The number of anilines is 1. The fourth-order valence-corrected chi connectivity index (χ4v) is 2.26. The number of hydrogen-bond donors (Lipinski definition) is 2. The maximum absolute atomic E-state index is 12.2. The molecule has 2 N–H and O–H groups in total. The van der Waals surface area contributed by atoms with Crippen LogP contribution in [0.1, 0.15) is 42.1 Å². The summed E-state index contributed by atoms with van der Waals surface area (Å²) in [6.07, 6.45) is 3.65. The van der Waals surface area contributed by atoms with Crippen LogP contribution in [-0.2, 0) is 0 Å². The molecule has 1 aromatic carbocycles. The van der Waals surface area contributed by atoms with E-state index in [4.69, 9.17) is 0 Å². The smallest absolute Gasteiger partial charge is 0.253 e. The highest BCUT2D eigenvalue weighted by Crippen LogP contribution is 2.47. The molecule has 1 aliphatic carbocycles. The monoisotopic (exact) mass is 246 g/mol. The van der Waals surface area contributed by atoms with Crippen LogP contribution in [0.2, 0.25) is 0 Å². The van der Waals surface area contributed by atoms with Crippen LogP contribution in [0.5, 0.6) is 0 Å². The Balaban J connectivity index is 2.06. The number of amides is 1. The number of carbonyl (C=O) groups excluding carboxylic acids is 1. The number of aryl methyl sites for hydroxylation is 1. The van der Waals surface area contributed by atoms with Gasteiger partial charge in [-0.3, -0.25) is 4.79 Å². The Labute approximate surface area is 109 Å². The predicted octanol–water partition coefficient (Wildman–Crippen LogP) is 2.96. The highest BCUT2D eigenvalue weighted by Gasteiger charge is 2.40. The van der Waals surface area contributed by atoms with E-state index in [1.54, 1.807) is 0 Å². The van der Waals surface area contributed by atoms with Crippen LogP contribution in [0.3, 0.4) is 0 Å². The van der Waals surface area contributed by atoms with E-state index >= 15 is 0 Å². The standard InChI is InChI=1S/C15H22N2O/c1-4-15(7-8-15)10-17-14(18)12-9-11(2)5-6-13(12)16-3/h5-6,9,16H,4,7-8,10H2,1-3H3,(H,17,18). The lowest BCUT2D eigenvalue weighted by Crippen LogP contribution is -2.30. The topological polar surface area (TPSA) is 41.1 Å². The molecule has 0 unspecified atom stereocenters. The summed E-state index contributed by atoms with van der Waals surface area (Å²) < 4.78 is 0. The van der Waals surface area contributed by atoms with Crippen LogP contribution >= 0.6 is 0 Å². The van der Waals surface area contributed by atoms with Crippen LogP contribution in [0.25, 0.3) is 0 Å². The van der Waals surface area contributed by atoms with Gasteiger partial charge < -0.3 is 10.6 Å². The molecule has 0 radical (unpaired) electrons. The largest absolute Gasteiger partial charge is 0.387 e. The summed E-state index contributed by atoms with van der Waals surface area (Å²) in [5.74, 6) is 0.0303. The van der Waals surface area contributed by atoms with Crippen LogP contribution in [0, 0.1) is 12.3 Å². The van der Waals surface area contributed by atoms with E-state index in [9.17, 15) is 4.79 Å². The van der Waals surface area contributed by atoms with E-state index in [1.165, 1.54) is 12.8 Å². The van der Waals surface area contributed by atoms with Gasteiger partial charge in [-0.05, 0) is 43.7 Å². The van der Waals surface area contributed by atoms with Gasteiger partial charge in [-0.25, -0.2) is 0 Å². The zero-order chi connectivity index (χ0) is 13.2. The number of hydrogen-bond acceptors (Lipinski definition) is 2. The first-order valence-corrected chi connectivity index (χ1v) is 6.67. The normalized spacial score (nSPS) is 16.2. The van der Waals surface area contributed by atoms with Crippen molar-refractivity contribution in [3.63, 3.8) is 0 Å². The molecule has 1 saturated carbocycles. The first-order valence-electron chi connectivity index (χ1n) is 6.67. The number of benzene rings is 1. The molecule has 3 nitrogen and oxygen atoms in total. The van der Waals surface area contributed by atoms with Crippen molar-refractivity contribution in [2.75, 3.05) is 18.9 Å². The molecular weight excluding hydrogens is 224 g/mol. The molecule has 1 aromatic rings. The molecule has 0 heterocycles. The molecule has 98 valence electrons. The average Bonchev–Trinajstić information content (AvgIpc) is 3.16. The molecule has 0 aromatic heterocycles. The lowest BCUT2D eigenvalue weighted by atomic mass is 10.0. The molecule has 1 amide bonds. The summed E-state index contributed by atoms with van der Waals surface area (Å²) in [4.78, 5) is 12.2. The first kappa shape index (κ1) is 12.9. The Kier molecular flexibility index (Phi) is 3.60. The molecule has 18 heavy (non-hydrogen) atoms. The number of carbonyl (C=O) groups is 1. The van der Waals surface area contributed by atoms with Gasteiger partial charge in [-0.15, -0.1) is 0 Å². The van der Waals surface area contributed by atoms with Crippen molar-refractivity contribution in [3.8, 4) is 0 Å². The van der Waals surface area contributed by atoms with E-state index in [-0.39, 0.29) is 5.91 Å². The maximum atomic E-state index is 12.2. The highest BCUT2D eigenvalue weighted by molar-refractivity contribution is 5.99. The van der Waals surface area contributed by atoms with Crippen LogP contribution in [-0.4, -0.2) is 19.5 Å². The third-order valence-corrected chi connectivity index (χ3v) is 4.02. The SMILES string of the molecule is CCC1(CNC(=O)c2cc(C)ccc2NC)CC1. The van der Waals surface area contributed by atoms with E-state index in [1.807, 2.05) is 32.2 Å². The summed E-state index contributed by atoms with van der Waals surface area (Å²) in [7, 11) is 1.84. The van der Waals surface area contributed by atoms with Gasteiger partial charge in [0.25, 0.3) is 5.91 Å². The minimum atomic E-state index is 0.0303. The Bertz CT molecular complexity index is 450. The fourth-order valence-electron chi connectivity index (χ4n) is 2.26. The molecule has 0 bridgehead atoms. The van der Waals surface area contributed by atoms with Crippen LogP contribution < -0.4 is 10.6 Å². The molecule has 0 aliphatic heterocycles. The Morgan fingerprint density at radius 2 is 2.11 bits per heavy atom. The molecule has 3 heteroatoms. The summed E-state index contributed by atoms with van der Waals surface area (Å²) in [5, 5.41) is 6.15. The summed E-state index contributed by atoms with van der Waals surface area (Å²) in [6.45, 7) is 5.01. The molecule has 2 rings (SSSR count). The van der Waals surface area contributed by atoms with Crippen LogP contribution in [0.4, 0.5) is 5.69 Å². The second-order valence-corrected chi connectivity index (χ2v) is 5.34. The van der Waals surface area contributed by atoms with E-state index in [0.717, 1.165) is 29.8 Å². The maximum Gasteiger partial charge on any atom is 0.253 e. The fraction of sp³-hybridized carbons (Fsp3) is 0.533. The second kappa shape index (κ2) is 5.01. The van der Waals surface area contributed by atoms with Crippen LogP contribution in [0.15, 0.2) is 18.2 Å². The van der Waals surface area contributed by atoms with Gasteiger partial charge in [0.1, 0.15) is 0 Å². The first-order chi connectivity index (χ1) is 8.60. The Hall–Kier alpha value is -1.51. The lowest BCUT2D eigenvalue weighted by Gasteiger charge is -2.15. The zero-order valence-corrected chi connectivity index (χ0v) is 11.5. The van der Waals surface area contributed by atoms with Gasteiger partial charge in [0, 0.05) is 19.3 Å². The molecule has 0 spiro atoms. The van der Waals surface area contributed by atoms with Crippen molar-refractivity contribution in [2.24, 2.45) is 5.41 Å². The van der Waals surface area contributed by atoms with Crippen molar-refractivity contribution in [3.05, 3.63) is 29.3 Å².